The zero-order valence-electron chi connectivity index (χ0n) is 11.0. The molecular formula is C11H23NO5. The van der Waals surface area contributed by atoms with Crippen LogP contribution in [0, 0.1) is 0 Å². The summed E-state index contributed by atoms with van der Waals surface area (Å²) in [5.74, 6) is 0. The number of rotatable bonds is 7. The van der Waals surface area contributed by atoms with Gasteiger partial charge in [0.05, 0.1) is 13.2 Å². The molecule has 17 heavy (non-hydrogen) atoms. The Labute approximate surface area is 102 Å². The fourth-order valence-electron chi connectivity index (χ4n) is 0.997. The molecule has 0 saturated heterocycles. The molecule has 1 amide bonds. The third kappa shape index (κ3) is 10.0. The largest absolute Gasteiger partial charge is 0.444 e. The Kier molecular flexibility index (Phi) is 7.86. The van der Waals surface area contributed by atoms with E-state index in [9.17, 15) is 4.79 Å². The maximum atomic E-state index is 11.2. The summed E-state index contributed by atoms with van der Waals surface area (Å²) in [7, 11) is 0. The number of aliphatic hydroxyl groups is 1. The van der Waals surface area contributed by atoms with Gasteiger partial charge in [-0.1, -0.05) is 0 Å². The van der Waals surface area contributed by atoms with Crippen LogP contribution >= 0.6 is 0 Å². The van der Waals surface area contributed by atoms with Gasteiger partial charge in [0.15, 0.2) is 6.29 Å². The molecule has 1 unspecified atom stereocenters. The molecule has 0 aromatic rings. The van der Waals surface area contributed by atoms with Crippen molar-refractivity contribution in [1.82, 2.24) is 5.32 Å². The summed E-state index contributed by atoms with van der Waals surface area (Å²) in [6, 6.07) is 0. The third-order valence-electron chi connectivity index (χ3n) is 1.58. The minimum atomic E-state index is -0.638. The Morgan fingerprint density at radius 1 is 1.35 bits per heavy atom. The van der Waals surface area contributed by atoms with Crippen molar-refractivity contribution in [3.8, 4) is 0 Å². The molecule has 0 spiro atoms. The summed E-state index contributed by atoms with van der Waals surface area (Å²) in [6.07, 6.45) is -1.13. The van der Waals surface area contributed by atoms with Crippen LogP contribution in [0.2, 0.25) is 0 Å². The summed E-state index contributed by atoms with van der Waals surface area (Å²) in [5.41, 5.74) is -0.510. The molecule has 0 aromatic heterocycles. The number of alkyl carbamates (subject to hydrolysis) is 1. The van der Waals surface area contributed by atoms with Gasteiger partial charge in [-0.05, 0) is 27.7 Å². The lowest BCUT2D eigenvalue weighted by atomic mass is 10.2. The molecule has 0 rings (SSSR count). The second-order valence-corrected chi connectivity index (χ2v) is 4.37. The molecule has 0 fully saturated rings. The van der Waals surface area contributed by atoms with Crippen molar-refractivity contribution in [1.29, 1.82) is 0 Å². The maximum absolute atomic E-state index is 11.2. The summed E-state index contributed by atoms with van der Waals surface area (Å²) in [5, 5.41) is 11.4. The highest BCUT2D eigenvalue weighted by atomic mass is 16.7. The van der Waals surface area contributed by atoms with Crippen LogP contribution in [-0.4, -0.2) is 49.5 Å². The first kappa shape index (κ1) is 16.1. The van der Waals surface area contributed by atoms with E-state index in [4.69, 9.17) is 19.3 Å². The van der Waals surface area contributed by atoms with E-state index in [0.29, 0.717) is 13.2 Å². The molecule has 1 atom stereocenters. The first-order chi connectivity index (χ1) is 7.89. The van der Waals surface area contributed by atoms with E-state index < -0.39 is 18.0 Å². The van der Waals surface area contributed by atoms with Crippen LogP contribution in [0.5, 0.6) is 0 Å². The lowest BCUT2D eigenvalue weighted by molar-refractivity contribution is -0.158. The molecule has 0 radical (unpaired) electrons. The van der Waals surface area contributed by atoms with E-state index >= 15 is 0 Å². The van der Waals surface area contributed by atoms with Gasteiger partial charge in [-0.3, -0.25) is 0 Å². The fourth-order valence-corrected chi connectivity index (χ4v) is 0.997. The van der Waals surface area contributed by atoms with Crippen molar-refractivity contribution < 1.29 is 24.1 Å². The van der Waals surface area contributed by atoms with Gasteiger partial charge in [0.25, 0.3) is 0 Å². The fraction of sp³-hybridized carbons (Fsp3) is 0.909. The van der Waals surface area contributed by atoms with Crippen molar-refractivity contribution in [3.63, 3.8) is 0 Å². The highest BCUT2D eigenvalue weighted by molar-refractivity contribution is 5.67. The number of ether oxygens (including phenoxy) is 3. The number of hydrogen-bond acceptors (Lipinski definition) is 5. The zero-order valence-corrected chi connectivity index (χ0v) is 11.0. The molecule has 102 valence electrons. The summed E-state index contributed by atoms with van der Waals surface area (Å²) < 4.78 is 15.3. The highest BCUT2D eigenvalue weighted by Crippen LogP contribution is 2.06. The standard InChI is InChI=1S/C11H23NO5/c1-5-15-9(8-13)16-7-6-12-10(14)17-11(2,3)4/h9,13H,5-8H2,1-4H3,(H,12,14). The van der Waals surface area contributed by atoms with E-state index in [1.165, 1.54) is 0 Å². The number of carbonyl (C=O) groups is 1. The lowest BCUT2D eigenvalue weighted by Crippen LogP contribution is -2.35. The predicted molar refractivity (Wildman–Crippen MR) is 62.7 cm³/mol. The number of carbonyl (C=O) groups excluding carboxylic acids is 1. The van der Waals surface area contributed by atoms with E-state index in [1.54, 1.807) is 20.8 Å². The molecule has 0 heterocycles. The molecule has 6 nitrogen and oxygen atoms in total. The Balaban J connectivity index is 3.60. The third-order valence-corrected chi connectivity index (χ3v) is 1.58. The number of amides is 1. The smallest absolute Gasteiger partial charge is 0.407 e. The molecule has 2 N–H and O–H groups in total. The second kappa shape index (κ2) is 8.27. The molecule has 0 bridgehead atoms. The molecule has 0 saturated carbocycles. The van der Waals surface area contributed by atoms with Crippen molar-refractivity contribution in [3.05, 3.63) is 0 Å². The summed E-state index contributed by atoms with van der Waals surface area (Å²) in [6.45, 7) is 8.00. The molecule has 0 aliphatic heterocycles. The van der Waals surface area contributed by atoms with Crippen LogP contribution in [0.15, 0.2) is 0 Å². The van der Waals surface area contributed by atoms with Gasteiger partial charge >= 0.3 is 6.09 Å². The molecular weight excluding hydrogens is 226 g/mol. The monoisotopic (exact) mass is 249 g/mol. The SMILES string of the molecule is CCOC(CO)OCCNC(=O)OC(C)(C)C. The average Bonchev–Trinajstić information content (AvgIpc) is 2.20. The lowest BCUT2D eigenvalue weighted by Gasteiger charge is -2.20. The van der Waals surface area contributed by atoms with Gasteiger partial charge in [0.1, 0.15) is 5.60 Å². The van der Waals surface area contributed by atoms with Crippen LogP contribution < -0.4 is 5.32 Å². The van der Waals surface area contributed by atoms with E-state index in [2.05, 4.69) is 5.32 Å². The van der Waals surface area contributed by atoms with Crippen LogP contribution in [0.1, 0.15) is 27.7 Å². The molecule has 0 aliphatic rings. The van der Waals surface area contributed by atoms with E-state index in [-0.39, 0.29) is 13.2 Å². The van der Waals surface area contributed by atoms with Gasteiger partial charge in [0.2, 0.25) is 0 Å². The van der Waals surface area contributed by atoms with Gasteiger partial charge in [0, 0.05) is 13.2 Å². The highest BCUT2D eigenvalue weighted by Gasteiger charge is 2.15. The topological polar surface area (TPSA) is 77.0 Å². The van der Waals surface area contributed by atoms with Crippen molar-refractivity contribution in [2.24, 2.45) is 0 Å². The van der Waals surface area contributed by atoms with Gasteiger partial charge < -0.3 is 24.6 Å². The normalized spacial score (nSPS) is 13.2. The van der Waals surface area contributed by atoms with E-state index in [1.807, 2.05) is 6.92 Å². The second-order valence-electron chi connectivity index (χ2n) is 4.37. The average molecular weight is 249 g/mol. The summed E-state index contributed by atoms with van der Waals surface area (Å²) >= 11 is 0. The number of aliphatic hydroxyl groups excluding tert-OH is 1. The zero-order chi connectivity index (χ0) is 13.3. The number of nitrogens with one attached hydrogen (secondary N) is 1. The van der Waals surface area contributed by atoms with Crippen LogP contribution in [0.3, 0.4) is 0 Å². The summed E-state index contributed by atoms with van der Waals surface area (Å²) in [4.78, 5) is 11.2. The first-order valence-corrected chi connectivity index (χ1v) is 5.70. The van der Waals surface area contributed by atoms with Gasteiger partial charge in [-0.15, -0.1) is 0 Å². The van der Waals surface area contributed by atoms with Crippen molar-refractivity contribution >= 4 is 6.09 Å². The Morgan fingerprint density at radius 2 is 2.00 bits per heavy atom. The minimum Gasteiger partial charge on any atom is -0.444 e. The van der Waals surface area contributed by atoms with Crippen LogP contribution in [-0.2, 0) is 14.2 Å². The minimum absolute atomic E-state index is 0.208. The molecule has 0 aliphatic carbocycles. The van der Waals surface area contributed by atoms with E-state index in [0.717, 1.165) is 0 Å². The van der Waals surface area contributed by atoms with Crippen molar-refractivity contribution in [2.75, 3.05) is 26.4 Å². The van der Waals surface area contributed by atoms with Gasteiger partial charge in [-0.25, -0.2) is 4.79 Å². The number of hydrogen-bond donors (Lipinski definition) is 2. The molecule has 6 heteroatoms. The first-order valence-electron chi connectivity index (χ1n) is 5.70. The Hall–Kier alpha value is -0.850. The molecule has 0 aromatic carbocycles. The Bertz CT molecular complexity index is 214. The van der Waals surface area contributed by atoms with Crippen LogP contribution in [0.25, 0.3) is 0 Å². The van der Waals surface area contributed by atoms with Crippen LogP contribution in [0.4, 0.5) is 4.79 Å². The van der Waals surface area contributed by atoms with Crippen molar-refractivity contribution in [2.45, 2.75) is 39.6 Å². The Morgan fingerprint density at radius 3 is 2.47 bits per heavy atom. The quantitative estimate of drug-likeness (QED) is 0.517. The van der Waals surface area contributed by atoms with Gasteiger partial charge in [-0.2, -0.15) is 0 Å². The predicted octanol–water partition coefficient (Wildman–Crippen LogP) is 0.883. The maximum Gasteiger partial charge on any atom is 0.407 e.